The van der Waals surface area contributed by atoms with E-state index in [-0.39, 0.29) is 18.4 Å². The first-order valence-electron chi connectivity index (χ1n) is 6.68. The Morgan fingerprint density at radius 1 is 1.48 bits per heavy atom. The van der Waals surface area contributed by atoms with E-state index in [9.17, 15) is 9.59 Å². The number of rotatable bonds is 4. The fourth-order valence-electron chi connectivity index (χ4n) is 2.36. The van der Waals surface area contributed by atoms with Crippen molar-refractivity contribution >= 4 is 22.7 Å². The molecule has 1 fully saturated rings. The topological polar surface area (TPSA) is 109 Å². The number of amides is 2. The molecule has 0 bridgehead atoms. The van der Waals surface area contributed by atoms with E-state index in [1.54, 1.807) is 0 Å². The molecule has 2 aromatic rings. The molecule has 0 aliphatic carbocycles. The summed E-state index contributed by atoms with van der Waals surface area (Å²) in [5.74, 6) is -0.728. The van der Waals surface area contributed by atoms with Gasteiger partial charge in [-0.2, -0.15) is 0 Å². The van der Waals surface area contributed by atoms with E-state index in [1.165, 1.54) is 0 Å². The third kappa shape index (κ3) is 2.74. The van der Waals surface area contributed by atoms with Gasteiger partial charge in [0.25, 0.3) is 5.91 Å². The molecular weight excluding hydrogens is 272 g/mol. The number of hydrogen-bond donors (Lipinski definition) is 4. The number of H-pyrrole nitrogens is 1. The Labute approximate surface area is 120 Å². The van der Waals surface area contributed by atoms with Gasteiger partial charge in [0.15, 0.2) is 0 Å². The van der Waals surface area contributed by atoms with E-state index in [2.05, 4.69) is 15.8 Å². The smallest absolute Gasteiger partial charge is 0.268 e. The van der Waals surface area contributed by atoms with Crippen molar-refractivity contribution in [2.75, 3.05) is 6.61 Å². The maximum atomic E-state index is 12.0. The maximum absolute atomic E-state index is 12.0. The van der Waals surface area contributed by atoms with E-state index in [1.807, 2.05) is 30.5 Å². The molecule has 21 heavy (non-hydrogen) atoms. The predicted octanol–water partition coefficient (Wildman–Crippen LogP) is -0.416. The summed E-state index contributed by atoms with van der Waals surface area (Å²) in [6.07, 6.45) is 2.24. The molecule has 0 unspecified atom stereocenters. The van der Waals surface area contributed by atoms with E-state index in [0.29, 0.717) is 6.42 Å². The minimum absolute atomic E-state index is 0.115. The molecule has 7 heteroatoms. The van der Waals surface area contributed by atoms with E-state index < -0.39 is 12.1 Å². The summed E-state index contributed by atoms with van der Waals surface area (Å²) >= 11 is 0. The molecule has 2 atom stereocenters. The lowest BCUT2D eigenvalue weighted by Crippen LogP contribution is -2.49. The molecule has 2 amide bonds. The van der Waals surface area contributed by atoms with Crippen LogP contribution in [-0.4, -0.2) is 35.5 Å². The molecule has 110 valence electrons. The van der Waals surface area contributed by atoms with Crippen LogP contribution >= 0.6 is 0 Å². The predicted molar refractivity (Wildman–Crippen MR) is 76.0 cm³/mol. The molecule has 1 saturated heterocycles. The summed E-state index contributed by atoms with van der Waals surface area (Å²) in [4.78, 5) is 31.2. The van der Waals surface area contributed by atoms with Crippen molar-refractivity contribution in [2.45, 2.75) is 18.5 Å². The van der Waals surface area contributed by atoms with Crippen LogP contribution in [0.5, 0.6) is 0 Å². The molecule has 1 aromatic heterocycles. The zero-order chi connectivity index (χ0) is 14.8. The lowest BCUT2D eigenvalue weighted by atomic mass is 10.0. The maximum Gasteiger partial charge on any atom is 0.268 e. The Hall–Kier alpha value is -2.38. The van der Waals surface area contributed by atoms with E-state index >= 15 is 0 Å². The summed E-state index contributed by atoms with van der Waals surface area (Å²) in [5, 5.41) is 3.62. The molecule has 0 spiro atoms. The van der Waals surface area contributed by atoms with Crippen molar-refractivity contribution in [2.24, 2.45) is 5.73 Å². The SMILES string of the molecule is N[C@H](Cc1c[nH]c2ccccc12)C(=O)N[C@@H]1CONC1=O. The van der Waals surface area contributed by atoms with Gasteiger partial charge in [0.05, 0.1) is 6.04 Å². The zero-order valence-corrected chi connectivity index (χ0v) is 11.3. The monoisotopic (exact) mass is 288 g/mol. The Balaban J connectivity index is 1.66. The number of benzene rings is 1. The standard InChI is InChI=1S/C14H16N4O3/c15-10(13(19)17-12-7-21-18-14(12)20)5-8-6-16-11-4-2-1-3-9(8)11/h1-4,6,10,12,16H,5,7,15H2,(H,17,19)(H,18,20)/t10-,12-/m1/s1. The average molecular weight is 288 g/mol. The van der Waals surface area contributed by atoms with Crippen molar-refractivity contribution in [3.63, 3.8) is 0 Å². The largest absolute Gasteiger partial charge is 0.361 e. The quantitative estimate of drug-likeness (QED) is 0.613. The normalized spacial score (nSPS) is 19.5. The van der Waals surface area contributed by atoms with Crippen LogP contribution in [0.2, 0.25) is 0 Å². The molecular formula is C14H16N4O3. The Bertz CT molecular complexity index is 682. The summed E-state index contributed by atoms with van der Waals surface area (Å²) in [5.41, 5.74) is 10.1. The number of aromatic amines is 1. The van der Waals surface area contributed by atoms with Crippen LogP contribution in [-0.2, 0) is 20.8 Å². The van der Waals surface area contributed by atoms with Crippen molar-refractivity contribution < 1.29 is 14.4 Å². The van der Waals surface area contributed by atoms with Gasteiger partial charge in [0.2, 0.25) is 5.91 Å². The first kappa shape index (κ1) is 13.6. The van der Waals surface area contributed by atoms with Gasteiger partial charge in [-0.05, 0) is 18.1 Å². The van der Waals surface area contributed by atoms with Crippen LogP contribution in [0.4, 0.5) is 0 Å². The zero-order valence-electron chi connectivity index (χ0n) is 11.3. The van der Waals surface area contributed by atoms with Crippen LogP contribution in [0.15, 0.2) is 30.5 Å². The lowest BCUT2D eigenvalue weighted by molar-refractivity contribution is -0.129. The van der Waals surface area contributed by atoms with Gasteiger partial charge >= 0.3 is 0 Å². The van der Waals surface area contributed by atoms with Gasteiger partial charge in [-0.15, -0.1) is 0 Å². The molecule has 5 N–H and O–H groups in total. The van der Waals surface area contributed by atoms with Crippen LogP contribution in [0.1, 0.15) is 5.56 Å². The minimum atomic E-state index is -0.724. The number of nitrogens with one attached hydrogen (secondary N) is 3. The Kier molecular flexibility index (Phi) is 3.59. The summed E-state index contributed by atoms with van der Waals surface area (Å²) in [6.45, 7) is 0.115. The number of aromatic nitrogens is 1. The highest BCUT2D eigenvalue weighted by Crippen LogP contribution is 2.18. The number of hydrogen-bond acceptors (Lipinski definition) is 4. The van der Waals surface area contributed by atoms with E-state index in [0.717, 1.165) is 16.5 Å². The molecule has 0 saturated carbocycles. The number of carbonyl (C=O) groups is 2. The molecule has 0 radical (unpaired) electrons. The second-order valence-corrected chi connectivity index (χ2v) is 5.01. The number of fused-ring (bicyclic) bond motifs is 1. The van der Waals surface area contributed by atoms with Crippen molar-refractivity contribution in [3.8, 4) is 0 Å². The summed E-state index contributed by atoms with van der Waals surface area (Å²) in [6, 6.07) is 6.41. The van der Waals surface area contributed by atoms with Crippen molar-refractivity contribution in [3.05, 3.63) is 36.0 Å². The third-order valence-corrected chi connectivity index (χ3v) is 3.51. The number of para-hydroxylation sites is 1. The van der Waals surface area contributed by atoms with Gasteiger partial charge in [-0.3, -0.25) is 14.4 Å². The fraction of sp³-hybridized carbons (Fsp3) is 0.286. The first-order chi connectivity index (χ1) is 10.1. The van der Waals surface area contributed by atoms with E-state index in [4.69, 9.17) is 10.6 Å². The number of carbonyl (C=O) groups excluding carboxylic acids is 2. The molecule has 2 heterocycles. The van der Waals surface area contributed by atoms with Gasteiger partial charge in [-0.25, -0.2) is 5.48 Å². The number of nitrogens with two attached hydrogens (primary N) is 1. The van der Waals surface area contributed by atoms with Crippen LogP contribution in [0.25, 0.3) is 10.9 Å². The van der Waals surface area contributed by atoms with Gasteiger partial charge in [0.1, 0.15) is 12.6 Å². The van der Waals surface area contributed by atoms with Crippen molar-refractivity contribution in [1.82, 2.24) is 15.8 Å². The minimum Gasteiger partial charge on any atom is -0.361 e. The number of hydroxylamine groups is 1. The molecule has 1 aliphatic rings. The van der Waals surface area contributed by atoms with Crippen LogP contribution < -0.4 is 16.5 Å². The fourth-order valence-corrected chi connectivity index (χ4v) is 2.36. The second-order valence-electron chi connectivity index (χ2n) is 5.01. The second kappa shape index (κ2) is 5.55. The molecule has 1 aromatic carbocycles. The summed E-state index contributed by atoms with van der Waals surface area (Å²) < 4.78 is 0. The highest BCUT2D eigenvalue weighted by Gasteiger charge is 2.29. The Morgan fingerprint density at radius 2 is 2.29 bits per heavy atom. The molecule has 1 aliphatic heterocycles. The molecule has 3 rings (SSSR count). The lowest BCUT2D eigenvalue weighted by Gasteiger charge is -2.14. The first-order valence-corrected chi connectivity index (χ1v) is 6.68. The van der Waals surface area contributed by atoms with Gasteiger partial charge < -0.3 is 16.0 Å². The van der Waals surface area contributed by atoms with Crippen LogP contribution in [0.3, 0.4) is 0 Å². The summed E-state index contributed by atoms with van der Waals surface area (Å²) in [7, 11) is 0. The highest BCUT2D eigenvalue weighted by molar-refractivity contribution is 5.91. The molecule has 7 nitrogen and oxygen atoms in total. The highest BCUT2D eigenvalue weighted by atomic mass is 16.7. The van der Waals surface area contributed by atoms with Crippen molar-refractivity contribution in [1.29, 1.82) is 0 Å². The Morgan fingerprint density at radius 3 is 3.05 bits per heavy atom. The van der Waals surface area contributed by atoms with Crippen LogP contribution in [0, 0.1) is 0 Å². The van der Waals surface area contributed by atoms with Gasteiger partial charge in [0, 0.05) is 17.1 Å². The van der Waals surface area contributed by atoms with Gasteiger partial charge in [-0.1, -0.05) is 18.2 Å². The average Bonchev–Trinajstić information content (AvgIpc) is 3.07. The third-order valence-electron chi connectivity index (χ3n) is 3.51.